The Labute approximate surface area is 87.3 Å². The maximum absolute atomic E-state index is 3.21. The SMILES string of the molecule is CC[C@H](C)n1c(C)cc(CNC)c1C. The molecule has 0 radical (unpaired) electrons. The molecule has 0 aliphatic heterocycles. The van der Waals surface area contributed by atoms with E-state index >= 15 is 0 Å². The van der Waals surface area contributed by atoms with Crippen LogP contribution in [0.4, 0.5) is 0 Å². The zero-order chi connectivity index (χ0) is 10.7. The second kappa shape index (κ2) is 4.65. The Balaban J connectivity index is 3.04. The third-order valence-electron chi connectivity index (χ3n) is 2.99. The van der Waals surface area contributed by atoms with Crippen molar-refractivity contribution in [1.29, 1.82) is 0 Å². The third-order valence-corrected chi connectivity index (χ3v) is 2.99. The largest absolute Gasteiger partial charge is 0.346 e. The maximum atomic E-state index is 3.21. The van der Waals surface area contributed by atoms with Crippen LogP contribution >= 0.6 is 0 Å². The molecule has 1 atom stereocenters. The van der Waals surface area contributed by atoms with Gasteiger partial charge in [0.2, 0.25) is 0 Å². The molecule has 80 valence electrons. The molecular weight excluding hydrogens is 172 g/mol. The van der Waals surface area contributed by atoms with E-state index in [1.165, 1.54) is 23.4 Å². The van der Waals surface area contributed by atoms with Gasteiger partial charge in [0.05, 0.1) is 0 Å². The van der Waals surface area contributed by atoms with Crippen molar-refractivity contribution in [2.24, 2.45) is 0 Å². The summed E-state index contributed by atoms with van der Waals surface area (Å²) in [6.07, 6.45) is 1.19. The molecule has 14 heavy (non-hydrogen) atoms. The molecule has 0 unspecified atom stereocenters. The van der Waals surface area contributed by atoms with Crippen molar-refractivity contribution < 1.29 is 0 Å². The van der Waals surface area contributed by atoms with Crippen LogP contribution in [-0.2, 0) is 6.54 Å². The fourth-order valence-electron chi connectivity index (χ4n) is 2.08. The molecule has 0 fully saturated rings. The maximum Gasteiger partial charge on any atom is 0.0305 e. The van der Waals surface area contributed by atoms with E-state index in [2.05, 4.69) is 43.6 Å². The number of hydrogen-bond donors (Lipinski definition) is 1. The topological polar surface area (TPSA) is 17.0 Å². The number of aromatic nitrogens is 1. The standard InChI is InChI=1S/C12H22N2/c1-6-9(2)14-10(3)7-12(8-13-5)11(14)4/h7,9,13H,6,8H2,1-5H3/t9-/m0/s1. The molecule has 0 saturated carbocycles. The van der Waals surface area contributed by atoms with Gasteiger partial charge in [-0.15, -0.1) is 0 Å². The molecule has 0 spiro atoms. The van der Waals surface area contributed by atoms with Crippen molar-refractivity contribution >= 4 is 0 Å². The van der Waals surface area contributed by atoms with Crippen LogP contribution in [0.1, 0.15) is 43.3 Å². The summed E-state index contributed by atoms with van der Waals surface area (Å²) >= 11 is 0. The summed E-state index contributed by atoms with van der Waals surface area (Å²) in [5.74, 6) is 0. The highest BCUT2D eigenvalue weighted by Gasteiger charge is 2.11. The quantitative estimate of drug-likeness (QED) is 0.780. The van der Waals surface area contributed by atoms with Crippen LogP contribution in [-0.4, -0.2) is 11.6 Å². The van der Waals surface area contributed by atoms with Crippen molar-refractivity contribution in [1.82, 2.24) is 9.88 Å². The Hall–Kier alpha value is -0.760. The van der Waals surface area contributed by atoms with Crippen LogP contribution in [0.25, 0.3) is 0 Å². The molecule has 1 rings (SSSR count). The predicted molar refractivity (Wildman–Crippen MR) is 61.7 cm³/mol. The second-order valence-corrected chi connectivity index (χ2v) is 4.05. The van der Waals surface area contributed by atoms with Crippen molar-refractivity contribution in [3.8, 4) is 0 Å². The van der Waals surface area contributed by atoms with E-state index in [4.69, 9.17) is 0 Å². The average molecular weight is 194 g/mol. The molecule has 0 amide bonds. The van der Waals surface area contributed by atoms with Gasteiger partial charge in [0.25, 0.3) is 0 Å². The fourth-order valence-corrected chi connectivity index (χ4v) is 2.08. The van der Waals surface area contributed by atoms with E-state index in [0.717, 1.165) is 6.54 Å². The van der Waals surface area contributed by atoms with Gasteiger partial charge in [0.15, 0.2) is 0 Å². The molecule has 1 heterocycles. The lowest BCUT2D eigenvalue weighted by molar-refractivity contribution is 0.510. The Morgan fingerprint density at radius 3 is 2.57 bits per heavy atom. The molecular formula is C12H22N2. The molecule has 1 aromatic heterocycles. The number of aryl methyl sites for hydroxylation is 1. The first kappa shape index (κ1) is 11.3. The molecule has 2 nitrogen and oxygen atoms in total. The Morgan fingerprint density at radius 1 is 1.43 bits per heavy atom. The van der Waals surface area contributed by atoms with Crippen LogP contribution < -0.4 is 5.32 Å². The van der Waals surface area contributed by atoms with Gasteiger partial charge in [0, 0.05) is 24.0 Å². The summed E-state index contributed by atoms with van der Waals surface area (Å²) in [4.78, 5) is 0. The first-order chi connectivity index (χ1) is 6.61. The lowest BCUT2D eigenvalue weighted by atomic mass is 10.2. The Bertz CT molecular complexity index is 300. The minimum absolute atomic E-state index is 0.612. The molecule has 1 aromatic rings. The van der Waals surface area contributed by atoms with Crippen LogP contribution in [0.5, 0.6) is 0 Å². The zero-order valence-electron chi connectivity index (χ0n) is 10.0. The van der Waals surface area contributed by atoms with Crippen LogP contribution in [0, 0.1) is 13.8 Å². The van der Waals surface area contributed by atoms with Crippen molar-refractivity contribution in [2.45, 2.75) is 46.7 Å². The summed E-state index contributed by atoms with van der Waals surface area (Å²) in [5, 5.41) is 3.21. The summed E-state index contributed by atoms with van der Waals surface area (Å²) in [7, 11) is 2.00. The molecule has 0 aliphatic rings. The zero-order valence-corrected chi connectivity index (χ0v) is 10.0. The van der Waals surface area contributed by atoms with Crippen LogP contribution in [0.2, 0.25) is 0 Å². The van der Waals surface area contributed by atoms with Gasteiger partial charge in [-0.05, 0) is 45.9 Å². The minimum atomic E-state index is 0.612. The summed E-state index contributed by atoms with van der Waals surface area (Å²) in [5.41, 5.74) is 4.21. The van der Waals surface area contributed by atoms with Crippen molar-refractivity contribution in [3.63, 3.8) is 0 Å². The predicted octanol–water partition coefficient (Wildman–Crippen LogP) is 2.80. The number of hydrogen-bond acceptors (Lipinski definition) is 1. The summed E-state index contributed by atoms with van der Waals surface area (Å²) in [6.45, 7) is 9.89. The number of rotatable bonds is 4. The highest BCUT2D eigenvalue weighted by Crippen LogP contribution is 2.21. The summed E-state index contributed by atoms with van der Waals surface area (Å²) in [6, 6.07) is 2.90. The smallest absolute Gasteiger partial charge is 0.0305 e. The first-order valence-corrected chi connectivity index (χ1v) is 5.43. The lowest BCUT2D eigenvalue weighted by Crippen LogP contribution is -2.10. The monoisotopic (exact) mass is 194 g/mol. The van der Waals surface area contributed by atoms with E-state index in [9.17, 15) is 0 Å². The van der Waals surface area contributed by atoms with E-state index in [1.54, 1.807) is 0 Å². The fraction of sp³-hybridized carbons (Fsp3) is 0.667. The van der Waals surface area contributed by atoms with Gasteiger partial charge in [-0.1, -0.05) is 6.92 Å². The number of nitrogens with one attached hydrogen (secondary N) is 1. The second-order valence-electron chi connectivity index (χ2n) is 4.05. The molecule has 2 heteroatoms. The molecule has 1 N–H and O–H groups in total. The van der Waals surface area contributed by atoms with Crippen molar-refractivity contribution in [3.05, 3.63) is 23.0 Å². The van der Waals surface area contributed by atoms with Crippen molar-refractivity contribution in [2.75, 3.05) is 7.05 Å². The summed E-state index contributed by atoms with van der Waals surface area (Å²) < 4.78 is 2.44. The average Bonchev–Trinajstić information content (AvgIpc) is 2.42. The van der Waals surface area contributed by atoms with Gasteiger partial charge in [-0.2, -0.15) is 0 Å². The Kier molecular flexibility index (Phi) is 3.76. The van der Waals surface area contributed by atoms with E-state index in [-0.39, 0.29) is 0 Å². The van der Waals surface area contributed by atoms with E-state index < -0.39 is 0 Å². The highest BCUT2D eigenvalue weighted by molar-refractivity contribution is 5.27. The van der Waals surface area contributed by atoms with Gasteiger partial charge in [-0.25, -0.2) is 0 Å². The van der Waals surface area contributed by atoms with E-state index in [0.29, 0.717) is 6.04 Å². The normalized spacial score (nSPS) is 13.2. The van der Waals surface area contributed by atoms with Gasteiger partial charge in [0.1, 0.15) is 0 Å². The van der Waals surface area contributed by atoms with Gasteiger partial charge >= 0.3 is 0 Å². The Morgan fingerprint density at radius 2 is 2.07 bits per heavy atom. The minimum Gasteiger partial charge on any atom is -0.346 e. The third kappa shape index (κ3) is 2.01. The number of nitrogens with zero attached hydrogens (tertiary/aromatic N) is 1. The molecule has 0 bridgehead atoms. The molecule has 0 saturated heterocycles. The van der Waals surface area contributed by atoms with Gasteiger partial charge in [-0.3, -0.25) is 0 Å². The first-order valence-electron chi connectivity index (χ1n) is 5.43. The van der Waals surface area contributed by atoms with E-state index in [1.807, 2.05) is 7.05 Å². The molecule has 0 aliphatic carbocycles. The highest BCUT2D eigenvalue weighted by atomic mass is 15.0. The van der Waals surface area contributed by atoms with Gasteiger partial charge < -0.3 is 9.88 Å². The lowest BCUT2D eigenvalue weighted by Gasteiger charge is -2.16. The van der Waals surface area contributed by atoms with Crippen LogP contribution in [0.3, 0.4) is 0 Å². The molecule has 0 aromatic carbocycles. The van der Waals surface area contributed by atoms with Crippen LogP contribution in [0.15, 0.2) is 6.07 Å².